The second-order valence-electron chi connectivity index (χ2n) is 3.76. The van der Waals surface area contributed by atoms with E-state index in [4.69, 9.17) is 5.11 Å². The molecule has 0 aliphatic carbocycles. The van der Waals surface area contributed by atoms with Crippen LogP contribution in [0.4, 0.5) is 0 Å². The Hall–Kier alpha value is -1.36. The third-order valence-electron chi connectivity index (χ3n) is 2.15. The molecule has 0 bridgehead atoms. The second-order valence-corrected chi connectivity index (χ2v) is 4.68. The number of carbonyl (C=O) groups is 2. The van der Waals surface area contributed by atoms with E-state index >= 15 is 0 Å². The third kappa shape index (κ3) is 3.34. The largest absolute Gasteiger partial charge is 0.481 e. The zero-order chi connectivity index (χ0) is 12.1. The summed E-state index contributed by atoms with van der Waals surface area (Å²) in [6, 6.07) is 1.93. The van der Waals surface area contributed by atoms with Gasteiger partial charge in [0.25, 0.3) is 5.91 Å². The van der Waals surface area contributed by atoms with Gasteiger partial charge in [0, 0.05) is 6.54 Å². The molecule has 1 aromatic rings. The zero-order valence-electron chi connectivity index (χ0n) is 9.32. The standard InChI is InChI=1S/C11H15NO3S/c1-7(2)8-4-6-16-10(8)11(15)12-5-3-9(13)14/h4,6-7H,3,5H2,1-2H3,(H,12,15)(H,13,14). The Morgan fingerprint density at radius 3 is 2.75 bits per heavy atom. The van der Waals surface area contributed by atoms with Crippen LogP contribution in [-0.2, 0) is 4.79 Å². The quantitative estimate of drug-likeness (QED) is 0.829. The molecule has 0 aromatic carbocycles. The summed E-state index contributed by atoms with van der Waals surface area (Å²) < 4.78 is 0. The van der Waals surface area contributed by atoms with Gasteiger partial charge >= 0.3 is 5.97 Å². The molecule has 0 saturated heterocycles. The van der Waals surface area contributed by atoms with Crippen LogP contribution in [0.1, 0.15) is 41.4 Å². The van der Waals surface area contributed by atoms with Gasteiger partial charge in [0.1, 0.15) is 0 Å². The predicted molar refractivity (Wildman–Crippen MR) is 63.0 cm³/mol. The summed E-state index contributed by atoms with van der Waals surface area (Å²) in [4.78, 5) is 22.7. The highest BCUT2D eigenvalue weighted by Gasteiger charge is 2.14. The summed E-state index contributed by atoms with van der Waals surface area (Å²) in [5.74, 6) is -0.790. The Balaban J connectivity index is 2.59. The van der Waals surface area contributed by atoms with E-state index in [0.717, 1.165) is 5.56 Å². The number of hydrogen-bond acceptors (Lipinski definition) is 3. The second kappa shape index (κ2) is 5.65. The van der Waals surface area contributed by atoms with Crippen LogP contribution in [0, 0.1) is 0 Å². The minimum atomic E-state index is -0.907. The van der Waals surface area contributed by atoms with Crippen molar-refractivity contribution in [3.63, 3.8) is 0 Å². The van der Waals surface area contributed by atoms with E-state index in [1.165, 1.54) is 11.3 Å². The minimum absolute atomic E-state index is 0.0475. The Labute approximate surface area is 98.3 Å². The van der Waals surface area contributed by atoms with Gasteiger partial charge in [0.15, 0.2) is 0 Å². The summed E-state index contributed by atoms with van der Waals surface area (Å²) >= 11 is 1.39. The van der Waals surface area contributed by atoms with Gasteiger partial charge in [-0.1, -0.05) is 13.8 Å². The molecule has 0 atom stereocenters. The summed E-state index contributed by atoms with van der Waals surface area (Å²) in [7, 11) is 0. The normalized spacial score (nSPS) is 10.4. The van der Waals surface area contributed by atoms with Crippen LogP contribution in [0.15, 0.2) is 11.4 Å². The fourth-order valence-electron chi connectivity index (χ4n) is 1.32. The van der Waals surface area contributed by atoms with Gasteiger partial charge in [-0.15, -0.1) is 11.3 Å². The number of carboxylic acids is 1. The molecule has 1 aromatic heterocycles. The molecule has 1 heterocycles. The Morgan fingerprint density at radius 2 is 2.19 bits per heavy atom. The van der Waals surface area contributed by atoms with Crippen LogP contribution >= 0.6 is 11.3 Å². The van der Waals surface area contributed by atoms with Crippen molar-refractivity contribution in [3.05, 3.63) is 21.9 Å². The molecule has 0 spiro atoms. The van der Waals surface area contributed by atoms with Crippen LogP contribution in [0.5, 0.6) is 0 Å². The molecule has 0 fully saturated rings. The molecule has 1 amide bonds. The number of thiophene rings is 1. The molecule has 2 N–H and O–H groups in total. The highest BCUT2D eigenvalue weighted by Crippen LogP contribution is 2.24. The molecule has 0 unspecified atom stereocenters. The summed E-state index contributed by atoms with van der Waals surface area (Å²) in [5.41, 5.74) is 1.01. The van der Waals surface area contributed by atoms with E-state index in [1.54, 1.807) is 0 Å². The number of nitrogens with one attached hydrogen (secondary N) is 1. The maximum atomic E-state index is 11.7. The number of rotatable bonds is 5. The maximum absolute atomic E-state index is 11.7. The molecule has 0 radical (unpaired) electrons. The smallest absolute Gasteiger partial charge is 0.305 e. The molecule has 5 heteroatoms. The van der Waals surface area contributed by atoms with Crippen molar-refractivity contribution in [3.8, 4) is 0 Å². The van der Waals surface area contributed by atoms with E-state index in [2.05, 4.69) is 5.32 Å². The SMILES string of the molecule is CC(C)c1ccsc1C(=O)NCCC(=O)O. The number of carboxylic acid groups (broad SMARTS) is 1. The highest BCUT2D eigenvalue weighted by molar-refractivity contribution is 7.12. The zero-order valence-corrected chi connectivity index (χ0v) is 10.1. The average Bonchev–Trinajstić information content (AvgIpc) is 2.65. The summed E-state index contributed by atoms with van der Waals surface area (Å²) in [6.07, 6.45) is -0.0475. The number of carbonyl (C=O) groups excluding carboxylic acids is 1. The molecule has 16 heavy (non-hydrogen) atoms. The fraction of sp³-hybridized carbons (Fsp3) is 0.455. The average molecular weight is 241 g/mol. The van der Waals surface area contributed by atoms with E-state index in [-0.39, 0.29) is 18.9 Å². The van der Waals surface area contributed by atoms with E-state index < -0.39 is 5.97 Å². The van der Waals surface area contributed by atoms with Crippen molar-refractivity contribution in [2.75, 3.05) is 6.54 Å². The van der Waals surface area contributed by atoms with Crippen LogP contribution in [-0.4, -0.2) is 23.5 Å². The Kier molecular flexibility index (Phi) is 4.49. The lowest BCUT2D eigenvalue weighted by Gasteiger charge is -2.07. The molecule has 0 aliphatic rings. The first-order valence-corrected chi connectivity index (χ1v) is 5.97. The first-order valence-electron chi connectivity index (χ1n) is 5.09. The first-order chi connectivity index (χ1) is 7.52. The summed E-state index contributed by atoms with van der Waals surface area (Å²) in [6.45, 7) is 4.22. The van der Waals surface area contributed by atoms with Crippen LogP contribution in [0.3, 0.4) is 0 Å². The topological polar surface area (TPSA) is 66.4 Å². The van der Waals surface area contributed by atoms with Gasteiger partial charge in [-0.2, -0.15) is 0 Å². The Morgan fingerprint density at radius 1 is 1.50 bits per heavy atom. The van der Waals surface area contributed by atoms with Gasteiger partial charge in [-0.25, -0.2) is 0 Å². The van der Waals surface area contributed by atoms with E-state index in [0.29, 0.717) is 10.8 Å². The van der Waals surface area contributed by atoms with Gasteiger partial charge in [-0.3, -0.25) is 9.59 Å². The van der Waals surface area contributed by atoms with Crippen molar-refractivity contribution < 1.29 is 14.7 Å². The molecule has 0 saturated carbocycles. The predicted octanol–water partition coefficient (Wildman–Crippen LogP) is 2.08. The molecular weight excluding hydrogens is 226 g/mol. The van der Waals surface area contributed by atoms with Crippen molar-refractivity contribution in [1.29, 1.82) is 0 Å². The van der Waals surface area contributed by atoms with Crippen molar-refractivity contribution in [2.45, 2.75) is 26.2 Å². The monoisotopic (exact) mass is 241 g/mol. The van der Waals surface area contributed by atoms with Crippen molar-refractivity contribution in [2.24, 2.45) is 0 Å². The first kappa shape index (κ1) is 12.7. The lowest BCUT2D eigenvalue weighted by molar-refractivity contribution is -0.136. The van der Waals surface area contributed by atoms with Crippen LogP contribution in [0.25, 0.3) is 0 Å². The van der Waals surface area contributed by atoms with E-state index in [9.17, 15) is 9.59 Å². The fourth-order valence-corrected chi connectivity index (χ4v) is 2.29. The van der Waals surface area contributed by atoms with Crippen LogP contribution in [0.2, 0.25) is 0 Å². The third-order valence-corrected chi connectivity index (χ3v) is 3.08. The van der Waals surface area contributed by atoms with E-state index in [1.807, 2.05) is 25.3 Å². The number of amides is 1. The maximum Gasteiger partial charge on any atom is 0.305 e. The molecule has 0 aliphatic heterocycles. The minimum Gasteiger partial charge on any atom is -0.481 e. The summed E-state index contributed by atoms with van der Waals surface area (Å²) in [5, 5.41) is 12.9. The molecular formula is C11H15NO3S. The van der Waals surface area contributed by atoms with Crippen molar-refractivity contribution >= 4 is 23.2 Å². The van der Waals surface area contributed by atoms with Crippen molar-refractivity contribution in [1.82, 2.24) is 5.32 Å². The lowest BCUT2D eigenvalue weighted by atomic mass is 10.0. The number of hydrogen-bond donors (Lipinski definition) is 2. The Bertz CT molecular complexity index is 384. The lowest BCUT2D eigenvalue weighted by Crippen LogP contribution is -2.26. The number of aliphatic carboxylic acids is 1. The van der Waals surface area contributed by atoms with Gasteiger partial charge < -0.3 is 10.4 Å². The molecule has 1 rings (SSSR count). The molecule has 88 valence electrons. The van der Waals surface area contributed by atoms with Gasteiger partial charge in [0.2, 0.25) is 0 Å². The van der Waals surface area contributed by atoms with Crippen LogP contribution < -0.4 is 5.32 Å². The van der Waals surface area contributed by atoms with Gasteiger partial charge in [-0.05, 0) is 22.9 Å². The van der Waals surface area contributed by atoms with Gasteiger partial charge in [0.05, 0.1) is 11.3 Å². The molecule has 4 nitrogen and oxygen atoms in total. The highest BCUT2D eigenvalue weighted by atomic mass is 32.1.